The van der Waals surface area contributed by atoms with Crippen LogP contribution >= 0.6 is 0 Å². The molecule has 2 N–H and O–H groups in total. The van der Waals surface area contributed by atoms with Gasteiger partial charge >= 0.3 is 6.03 Å². The lowest BCUT2D eigenvalue weighted by molar-refractivity contribution is 0.237. The van der Waals surface area contributed by atoms with Gasteiger partial charge in [-0.2, -0.15) is 0 Å². The third kappa shape index (κ3) is 4.43. The third-order valence-electron chi connectivity index (χ3n) is 4.45. The van der Waals surface area contributed by atoms with Crippen LogP contribution in [0.15, 0.2) is 60.9 Å². The van der Waals surface area contributed by atoms with E-state index in [9.17, 15) is 4.79 Å². The summed E-state index contributed by atoms with van der Waals surface area (Å²) in [7, 11) is 5.12. The number of urea groups is 1. The molecular formula is C21H24N4O3. The molecule has 0 saturated carbocycles. The molecule has 0 radical (unpaired) electrons. The second kappa shape index (κ2) is 8.94. The normalized spacial score (nSPS) is 11.5. The van der Waals surface area contributed by atoms with Gasteiger partial charge in [-0.1, -0.05) is 30.3 Å². The Morgan fingerprint density at radius 2 is 1.96 bits per heavy atom. The molecule has 7 heteroatoms. The fourth-order valence-electron chi connectivity index (χ4n) is 2.98. The highest BCUT2D eigenvalue weighted by atomic mass is 16.5. The minimum absolute atomic E-state index is 0.304. The molecule has 7 nitrogen and oxygen atoms in total. The van der Waals surface area contributed by atoms with E-state index in [1.54, 1.807) is 20.4 Å². The molecule has 3 aromatic rings. The monoisotopic (exact) mass is 380 g/mol. The van der Waals surface area contributed by atoms with Crippen LogP contribution < -0.4 is 20.1 Å². The fraction of sp³-hybridized carbons (Fsp3) is 0.238. The topological polar surface area (TPSA) is 77.4 Å². The molecule has 0 aliphatic carbocycles. The summed E-state index contributed by atoms with van der Waals surface area (Å²) in [6.07, 6.45) is 3.55. The number of nitrogens with zero attached hydrogens (tertiary/aromatic N) is 2. The first kappa shape index (κ1) is 19.3. The van der Waals surface area contributed by atoms with Crippen LogP contribution in [-0.2, 0) is 13.6 Å². The number of carbonyl (C=O) groups excluding carboxylic acids is 1. The van der Waals surface area contributed by atoms with Crippen LogP contribution in [0, 0.1) is 0 Å². The van der Waals surface area contributed by atoms with Crippen LogP contribution in [-0.4, -0.2) is 29.8 Å². The molecule has 0 bridgehead atoms. The van der Waals surface area contributed by atoms with E-state index >= 15 is 0 Å². The van der Waals surface area contributed by atoms with Gasteiger partial charge in [0, 0.05) is 31.5 Å². The molecule has 1 atom stereocenters. The van der Waals surface area contributed by atoms with Gasteiger partial charge in [-0.05, 0) is 23.8 Å². The first-order valence-corrected chi connectivity index (χ1v) is 8.89. The van der Waals surface area contributed by atoms with Gasteiger partial charge in [0.1, 0.15) is 23.4 Å². The highest BCUT2D eigenvalue weighted by molar-refractivity contribution is 5.75. The van der Waals surface area contributed by atoms with Crippen molar-refractivity contribution in [1.82, 2.24) is 20.2 Å². The van der Waals surface area contributed by atoms with E-state index in [0.29, 0.717) is 12.3 Å². The number of ether oxygens (including phenoxy) is 2. The number of nitrogens with one attached hydrogen (secondary N) is 2. The Bertz CT molecular complexity index is 939. The lowest BCUT2D eigenvalue weighted by Gasteiger charge is -2.20. The summed E-state index contributed by atoms with van der Waals surface area (Å²) in [6, 6.07) is 14.4. The molecule has 28 heavy (non-hydrogen) atoms. The van der Waals surface area contributed by atoms with Gasteiger partial charge in [-0.3, -0.25) is 0 Å². The van der Waals surface area contributed by atoms with Gasteiger partial charge in [0.2, 0.25) is 0 Å². The van der Waals surface area contributed by atoms with E-state index in [0.717, 1.165) is 22.7 Å². The first-order chi connectivity index (χ1) is 13.6. The van der Waals surface area contributed by atoms with Crippen LogP contribution in [0.1, 0.15) is 23.0 Å². The van der Waals surface area contributed by atoms with Crippen molar-refractivity contribution in [3.05, 3.63) is 77.9 Å². The van der Waals surface area contributed by atoms with E-state index in [1.165, 1.54) is 0 Å². The third-order valence-corrected chi connectivity index (χ3v) is 4.45. The van der Waals surface area contributed by atoms with Gasteiger partial charge < -0.3 is 24.7 Å². The zero-order valence-corrected chi connectivity index (χ0v) is 16.2. The van der Waals surface area contributed by atoms with Crippen LogP contribution in [0.4, 0.5) is 4.79 Å². The predicted molar refractivity (Wildman–Crippen MR) is 106 cm³/mol. The van der Waals surface area contributed by atoms with Crippen molar-refractivity contribution in [1.29, 1.82) is 0 Å². The predicted octanol–water partition coefficient (Wildman–Crippen LogP) is 3.03. The van der Waals surface area contributed by atoms with E-state index in [-0.39, 0.29) is 6.03 Å². The van der Waals surface area contributed by atoms with Crippen molar-refractivity contribution >= 4 is 6.03 Å². The van der Waals surface area contributed by atoms with Crippen LogP contribution in [0.2, 0.25) is 0 Å². The molecule has 1 heterocycles. The smallest absolute Gasteiger partial charge is 0.315 e. The molecule has 0 spiro atoms. The zero-order valence-electron chi connectivity index (χ0n) is 16.2. The molecule has 146 valence electrons. The maximum Gasteiger partial charge on any atom is 0.315 e. The van der Waals surface area contributed by atoms with Gasteiger partial charge in [-0.25, -0.2) is 9.78 Å². The van der Waals surface area contributed by atoms with E-state index in [1.807, 2.05) is 66.3 Å². The van der Waals surface area contributed by atoms with Crippen molar-refractivity contribution in [3.63, 3.8) is 0 Å². The maximum absolute atomic E-state index is 12.6. The van der Waals surface area contributed by atoms with Crippen molar-refractivity contribution in [2.75, 3.05) is 14.2 Å². The minimum Gasteiger partial charge on any atom is -0.497 e. The molecular weight excluding hydrogens is 356 g/mol. The SMILES string of the molecule is COc1cccc([C@H](NC(=O)NCc2ccccc2OC)c2nccn2C)c1. The maximum atomic E-state index is 12.6. The van der Waals surface area contributed by atoms with Crippen molar-refractivity contribution in [3.8, 4) is 11.5 Å². The zero-order chi connectivity index (χ0) is 19.9. The van der Waals surface area contributed by atoms with Gasteiger partial charge in [0.25, 0.3) is 0 Å². The molecule has 3 rings (SSSR count). The lowest BCUT2D eigenvalue weighted by atomic mass is 10.1. The van der Waals surface area contributed by atoms with E-state index in [2.05, 4.69) is 15.6 Å². The number of carbonyl (C=O) groups is 1. The van der Waals surface area contributed by atoms with Crippen LogP contribution in [0.25, 0.3) is 0 Å². The summed E-state index contributed by atoms with van der Waals surface area (Å²) in [6.45, 7) is 0.348. The molecule has 1 aromatic heterocycles. The largest absolute Gasteiger partial charge is 0.497 e. The van der Waals surface area contributed by atoms with Gasteiger partial charge in [0.15, 0.2) is 0 Å². The van der Waals surface area contributed by atoms with Crippen molar-refractivity contribution in [2.45, 2.75) is 12.6 Å². The quantitative estimate of drug-likeness (QED) is 0.661. The molecule has 2 amide bonds. The number of imidazole rings is 1. The second-order valence-electron chi connectivity index (χ2n) is 6.24. The summed E-state index contributed by atoms with van der Waals surface area (Å²) >= 11 is 0. The Balaban J connectivity index is 1.77. The number of rotatable bonds is 7. The highest BCUT2D eigenvalue weighted by Gasteiger charge is 2.21. The standard InChI is InChI=1S/C21H24N4O3/c1-25-12-11-22-20(25)19(15-8-6-9-17(13-15)27-2)24-21(26)23-14-16-7-4-5-10-18(16)28-3/h4-13,19H,14H2,1-3H3,(H2,23,24,26)/t19-/m0/s1. The Morgan fingerprint density at radius 3 is 2.68 bits per heavy atom. The Morgan fingerprint density at radius 1 is 1.14 bits per heavy atom. The molecule has 0 aliphatic heterocycles. The Hall–Kier alpha value is -3.48. The number of para-hydroxylation sites is 1. The number of aryl methyl sites for hydroxylation is 1. The average molecular weight is 380 g/mol. The van der Waals surface area contributed by atoms with E-state index < -0.39 is 6.04 Å². The number of benzene rings is 2. The van der Waals surface area contributed by atoms with E-state index in [4.69, 9.17) is 9.47 Å². The average Bonchev–Trinajstić information content (AvgIpc) is 3.16. The minimum atomic E-state index is -0.423. The molecule has 0 aliphatic rings. The number of hydrogen-bond acceptors (Lipinski definition) is 4. The summed E-state index contributed by atoms with van der Waals surface area (Å²) in [5.74, 6) is 2.17. The number of methoxy groups -OCH3 is 2. The molecule has 2 aromatic carbocycles. The Kier molecular flexibility index (Phi) is 6.16. The highest BCUT2D eigenvalue weighted by Crippen LogP contribution is 2.24. The Labute approximate surface area is 164 Å². The van der Waals surface area contributed by atoms with Crippen molar-refractivity contribution in [2.24, 2.45) is 7.05 Å². The second-order valence-corrected chi connectivity index (χ2v) is 6.24. The van der Waals surface area contributed by atoms with Crippen LogP contribution in [0.5, 0.6) is 11.5 Å². The summed E-state index contributed by atoms with van der Waals surface area (Å²) < 4.78 is 12.5. The summed E-state index contributed by atoms with van der Waals surface area (Å²) in [5.41, 5.74) is 1.77. The molecule has 0 unspecified atom stereocenters. The number of amides is 2. The molecule has 0 fully saturated rings. The summed E-state index contributed by atoms with van der Waals surface area (Å²) in [4.78, 5) is 17.0. The summed E-state index contributed by atoms with van der Waals surface area (Å²) in [5, 5.41) is 5.89. The first-order valence-electron chi connectivity index (χ1n) is 8.89. The number of hydrogen-bond donors (Lipinski definition) is 2. The molecule has 0 saturated heterocycles. The number of aromatic nitrogens is 2. The van der Waals surface area contributed by atoms with Crippen LogP contribution in [0.3, 0.4) is 0 Å². The lowest BCUT2D eigenvalue weighted by Crippen LogP contribution is -2.39. The van der Waals surface area contributed by atoms with Gasteiger partial charge in [0.05, 0.1) is 14.2 Å². The fourth-order valence-corrected chi connectivity index (χ4v) is 2.98. The van der Waals surface area contributed by atoms with Gasteiger partial charge in [-0.15, -0.1) is 0 Å². The van der Waals surface area contributed by atoms with Crippen molar-refractivity contribution < 1.29 is 14.3 Å².